The summed E-state index contributed by atoms with van der Waals surface area (Å²) in [6, 6.07) is 15.3. The zero-order valence-corrected chi connectivity index (χ0v) is 26.8. The maximum absolute atomic E-state index is 15.4. The Morgan fingerprint density at radius 1 is 1.10 bits per heavy atom. The lowest BCUT2D eigenvalue weighted by Gasteiger charge is -2.25. The highest BCUT2D eigenvalue weighted by Gasteiger charge is 2.33. The molecule has 0 bridgehead atoms. The highest BCUT2D eigenvalue weighted by molar-refractivity contribution is 5.99. The molecule has 4 aromatic rings. The van der Waals surface area contributed by atoms with Crippen LogP contribution in [-0.2, 0) is 11.3 Å². The van der Waals surface area contributed by atoms with Crippen molar-refractivity contribution in [3.8, 4) is 28.8 Å². The van der Waals surface area contributed by atoms with Gasteiger partial charge >= 0.3 is 0 Å². The van der Waals surface area contributed by atoms with Crippen LogP contribution in [-0.4, -0.2) is 89.4 Å². The van der Waals surface area contributed by atoms with E-state index in [0.717, 1.165) is 6.42 Å². The topological polar surface area (TPSA) is 236 Å². The lowest BCUT2D eigenvalue weighted by Crippen LogP contribution is -2.50. The SMILES string of the molecule is CC(C)(N)/C=C(/C#N)C(=O)N1CCC[C@@H]1Cn1nc(-c2ccc(Oc3ccccc3)cc2F)c2c(N)ncnc21.NC(CO)(CO)CO. The summed E-state index contributed by atoms with van der Waals surface area (Å²) in [5.41, 5.74) is 16.3. The van der Waals surface area contributed by atoms with Gasteiger partial charge in [-0.1, -0.05) is 18.2 Å². The summed E-state index contributed by atoms with van der Waals surface area (Å²) in [4.78, 5) is 23.4. The average Bonchev–Trinajstić information content (AvgIpc) is 3.69. The molecule has 1 atom stereocenters. The van der Waals surface area contributed by atoms with Gasteiger partial charge in [0, 0.05) is 23.7 Å². The molecule has 0 radical (unpaired) electrons. The van der Waals surface area contributed by atoms with Gasteiger partial charge in [0.1, 0.15) is 46.8 Å². The summed E-state index contributed by atoms with van der Waals surface area (Å²) in [5, 5.41) is 39.7. The van der Waals surface area contributed by atoms with Crippen molar-refractivity contribution in [1.82, 2.24) is 24.6 Å². The standard InChI is InChI=1S/C29H29FN8O2.C4H11NO3/c1-29(2,33)14-18(15-31)28(39)37-12-6-7-19(37)16-38-27-24(26(32)34-17-35-27)25(36-38)22-11-10-21(13-23(22)30)40-20-8-4-3-5-9-20;5-4(1-6,2-7)3-8/h3-5,8-11,13-14,17,19H,6-7,12,16,33H2,1-2H3,(H2,32,34,35);6-8H,1-3,5H2/b18-14-;/t19-;/m1./s1. The van der Waals surface area contributed by atoms with E-state index in [1.807, 2.05) is 24.3 Å². The van der Waals surface area contributed by atoms with Gasteiger partial charge in [-0.15, -0.1) is 0 Å². The largest absolute Gasteiger partial charge is 0.457 e. The number of ether oxygens (including phenoxy) is 1. The lowest BCUT2D eigenvalue weighted by atomic mass is 10.0. The van der Waals surface area contributed by atoms with E-state index in [4.69, 9.17) is 42.4 Å². The molecule has 0 unspecified atom stereocenters. The van der Waals surface area contributed by atoms with Gasteiger partial charge in [-0.2, -0.15) is 10.4 Å². The number of nitriles is 1. The molecule has 1 aliphatic rings. The normalized spacial score (nSPS) is 15.2. The second-order valence-corrected chi connectivity index (χ2v) is 12.2. The van der Waals surface area contributed by atoms with E-state index in [0.29, 0.717) is 35.5 Å². The van der Waals surface area contributed by atoms with E-state index in [-0.39, 0.29) is 41.1 Å². The maximum Gasteiger partial charge on any atom is 0.264 e. The third-order valence-electron chi connectivity index (χ3n) is 7.57. The maximum atomic E-state index is 15.4. The Morgan fingerprint density at radius 3 is 2.38 bits per heavy atom. The van der Waals surface area contributed by atoms with Crippen molar-refractivity contribution in [3.63, 3.8) is 0 Å². The van der Waals surface area contributed by atoms with Gasteiger partial charge < -0.3 is 42.2 Å². The minimum Gasteiger partial charge on any atom is -0.457 e. The van der Waals surface area contributed by atoms with Crippen LogP contribution in [0.25, 0.3) is 22.3 Å². The number of fused-ring (bicyclic) bond motifs is 1. The minimum atomic E-state index is -1.21. The summed E-state index contributed by atoms with van der Waals surface area (Å²) in [7, 11) is 0. The molecule has 254 valence electrons. The van der Waals surface area contributed by atoms with Crippen LogP contribution in [0.4, 0.5) is 10.2 Å². The van der Waals surface area contributed by atoms with Crippen molar-refractivity contribution in [2.24, 2.45) is 11.5 Å². The Balaban J connectivity index is 0.000000579. The number of halogens is 1. The molecular formula is C33H40FN9O5. The van der Waals surface area contributed by atoms with Gasteiger partial charge in [-0.05, 0) is 57.0 Å². The summed E-state index contributed by atoms with van der Waals surface area (Å²) >= 11 is 0. The molecule has 2 aromatic carbocycles. The number of hydrogen-bond acceptors (Lipinski definition) is 12. The molecule has 1 amide bonds. The van der Waals surface area contributed by atoms with Gasteiger partial charge in [0.2, 0.25) is 0 Å². The predicted octanol–water partition coefficient (Wildman–Crippen LogP) is 1.85. The number of carbonyl (C=O) groups excluding carboxylic acids is 1. The van der Waals surface area contributed by atoms with E-state index in [9.17, 15) is 10.1 Å². The predicted molar refractivity (Wildman–Crippen MR) is 177 cm³/mol. The summed E-state index contributed by atoms with van der Waals surface area (Å²) in [6.45, 7) is 3.01. The molecular weight excluding hydrogens is 621 g/mol. The van der Waals surface area contributed by atoms with Crippen LogP contribution in [0.15, 0.2) is 66.5 Å². The smallest absolute Gasteiger partial charge is 0.264 e. The first-order valence-electron chi connectivity index (χ1n) is 15.2. The number of hydrogen-bond donors (Lipinski definition) is 6. The Hall–Kier alpha value is -4.98. The number of carbonyl (C=O) groups is 1. The second kappa shape index (κ2) is 15.3. The number of aliphatic hydroxyl groups is 3. The number of benzene rings is 2. The molecule has 0 saturated carbocycles. The fourth-order valence-electron chi connectivity index (χ4n) is 5.03. The van der Waals surface area contributed by atoms with Gasteiger partial charge in [0.05, 0.1) is 43.3 Å². The molecule has 14 nitrogen and oxygen atoms in total. The van der Waals surface area contributed by atoms with Gasteiger partial charge in [0.25, 0.3) is 5.91 Å². The Morgan fingerprint density at radius 2 is 1.79 bits per heavy atom. The van der Waals surface area contributed by atoms with E-state index >= 15 is 4.39 Å². The molecule has 15 heteroatoms. The van der Waals surface area contributed by atoms with Gasteiger partial charge in [-0.3, -0.25) is 4.79 Å². The molecule has 9 N–H and O–H groups in total. The summed E-state index contributed by atoms with van der Waals surface area (Å²) < 4.78 is 22.8. The third-order valence-corrected chi connectivity index (χ3v) is 7.57. The number of aliphatic hydroxyl groups excluding tert-OH is 3. The first-order chi connectivity index (χ1) is 22.8. The number of nitrogen functional groups attached to an aromatic ring is 1. The fourth-order valence-corrected chi connectivity index (χ4v) is 5.03. The first-order valence-corrected chi connectivity index (χ1v) is 15.2. The minimum absolute atomic E-state index is 0.00290. The number of nitrogens with zero attached hydrogens (tertiary/aromatic N) is 6. The zero-order chi connectivity index (χ0) is 35.1. The number of likely N-dealkylation sites (tertiary alicyclic amines) is 1. The van der Waals surface area contributed by atoms with Crippen molar-refractivity contribution in [1.29, 1.82) is 5.26 Å². The van der Waals surface area contributed by atoms with E-state index in [1.54, 1.807) is 47.7 Å². The Bertz CT molecular complexity index is 1790. The van der Waals surface area contributed by atoms with Crippen molar-refractivity contribution >= 4 is 22.8 Å². The van der Waals surface area contributed by atoms with Crippen molar-refractivity contribution < 1.29 is 29.2 Å². The van der Waals surface area contributed by atoms with Crippen LogP contribution in [0, 0.1) is 17.1 Å². The molecule has 1 aliphatic heterocycles. The van der Waals surface area contributed by atoms with Crippen LogP contribution in [0.2, 0.25) is 0 Å². The highest BCUT2D eigenvalue weighted by Crippen LogP contribution is 2.35. The summed E-state index contributed by atoms with van der Waals surface area (Å²) in [6.07, 6.45) is 4.27. The van der Waals surface area contributed by atoms with Crippen LogP contribution < -0.4 is 21.9 Å². The molecule has 0 spiro atoms. The Labute approximate surface area is 276 Å². The number of aromatic nitrogens is 4. The number of para-hydroxylation sites is 1. The van der Waals surface area contributed by atoms with Gasteiger partial charge in [0.15, 0.2) is 5.65 Å². The molecule has 1 saturated heterocycles. The number of anilines is 1. The van der Waals surface area contributed by atoms with Crippen molar-refractivity contribution in [2.45, 2.75) is 50.4 Å². The van der Waals surface area contributed by atoms with E-state index in [1.165, 1.54) is 18.5 Å². The zero-order valence-electron chi connectivity index (χ0n) is 26.8. The molecule has 0 aliphatic carbocycles. The molecule has 5 rings (SSSR count). The number of rotatable bonds is 10. The summed E-state index contributed by atoms with van der Waals surface area (Å²) in [5.74, 6) is 0.155. The van der Waals surface area contributed by atoms with Crippen LogP contribution in [0.5, 0.6) is 11.5 Å². The van der Waals surface area contributed by atoms with Crippen LogP contribution in [0.3, 0.4) is 0 Å². The highest BCUT2D eigenvalue weighted by atomic mass is 19.1. The monoisotopic (exact) mass is 661 g/mol. The number of nitrogens with two attached hydrogens (primary N) is 3. The van der Waals surface area contributed by atoms with Crippen molar-refractivity contribution in [2.75, 3.05) is 32.1 Å². The molecule has 1 fully saturated rings. The van der Waals surface area contributed by atoms with E-state index in [2.05, 4.69) is 9.97 Å². The fraction of sp³-hybridized carbons (Fsp3) is 0.364. The van der Waals surface area contributed by atoms with E-state index < -0.39 is 36.7 Å². The van der Waals surface area contributed by atoms with Crippen molar-refractivity contribution in [3.05, 3.63) is 72.3 Å². The quantitative estimate of drug-likeness (QED) is 0.106. The van der Waals surface area contributed by atoms with Gasteiger partial charge in [-0.25, -0.2) is 19.0 Å². The molecule has 2 aromatic heterocycles. The molecule has 3 heterocycles. The van der Waals surface area contributed by atoms with Crippen LogP contribution in [0.1, 0.15) is 26.7 Å². The van der Waals surface area contributed by atoms with Crippen LogP contribution >= 0.6 is 0 Å². The Kier molecular flexibility index (Phi) is 11.4. The lowest BCUT2D eigenvalue weighted by molar-refractivity contribution is -0.127. The number of amides is 1. The average molecular weight is 662 g/mol. The second-order valence-electron chi connectivity index (χ2n) is 12.2. The molecule has 48 heavy (non-hydrogen) atoms. The first kappa shape index (κ1) is 35.9. The third kappa shape index (κ3) is 8.48.